The summed E-state index contributed by atoms with van der Waals surface area (Å²) in [6, 6.07) is 0. The fourth-order valence-electron chi connectivity index (χ4n) is 0.580. The normalized spacial score (nSPS) is 10.8. The van der Waals surface area contributed by atoms with E-state index in [1.807, 2.05) is 0 Å². The number of rotatable bonds is 9. The Morgan fingerprint density at radius 1 is 0.941 bits per heavy atom. The van der Waals surface area contributed by atoms with E-state index >= 15 is 0 Å². The number of hydrogen-bond acceptors (Lipinski definition) is 7. The molecule has 8 heteroatoms. The summed E-state index contributed by atoms with van der Waals surface area (Å²) in [6.45, 7) is 1.83. The average Bonchev–Trinajstić information content (AvgIpc) is 2.24. The maximum Gasteiger partial charge on any atom is 0.264 e. The molecule has 0 aromatic heterocycles. The fraction of sp³-hybridized carbons (Fsp3) is 1.00. The highest BCUT2D eigenvalue weighted by Gasteiger charge is 1.99. The van der Waals surface area contributed by atoms with Crippen molar-refractivity contribution in [1.82, 2.24) is 0 Å². The molecule has 0 fully saturated rings. The van der Waals surface area contributed by atoms with Gasteiger partial charge in [-0.2, -0.15) is 8.42 Å². The largest absolute Gasteiger partial charge is 0.394 e. The molecular weight excluding hydrogens is 252 g/mol. The van der Waals surface area contributed by atoms with Crippen LogP contribution in [0.25, 0.3) is 0 Å². The second kappa shape index (κ2) is 13.8. The van der Waals surface area contributed by atoms with Crippen molar-refractivity contribution in [3.05, 3.63) is 0 Å². The van der Waals surface area contributed by atoms with Crippen molar-refractivity contribution in [3.8, 4) is 0 Å². The third-order valence-corrected chi connectivity index (χ3v) is 1.85. The van der Waals surface area contributed by atoms with Crippen LogP contribution in [-0.2, 0) is 28.5 Å². The van der Waals surface area contributed by atoms with Crippen LogP contribution in [-0.4, -0.2) is 73.6 Å². The number of hydrogen-bond donors (Lipinski definition) is 1. The summed E-state index contributed by atoms with van der Waals surface area (Å²) in [7, 11) is -0.210. The number of aliphatic hydroxyl groups excluding tert-OH is 1. The van der Waals surface area contributed by atoms with Crippen LogP contribution in [0.4, 0.5) is 0 Å². The Kier molecular flexibility index (Phi) is 15.5. The maximum atomic E-state index is 10.4. The third kappa shape index (κ3) is 25.8. The van der Waals surface area contributed by atoms with Gasteiger partial charge in [-0.25, -0.2) is 0 Å². The Balaban J connectivity index is 0. The van der Waals surface area contributed by atoms with Gasteiger partial charge in [-0.15, -0.1) is 0 Å². The lowest BCUT2D eigenvalue weighted by atomic mass is 10.7. The molecule has 0 rings (SSSR count). The number of aliphatic hydroxyl groups is 1. The Hall–Kier alpha value is -0.250. The highest BCUT2D eigenvalue weighted by molar-refractivity contribution is 7.85. The van der Waals surface area contributed by atoms with E-state index in [0.717, 1.165) is 6.26 Å². The van der Waals surface area contributed by atoms with Crippen molar-refractivity contribution >= 4 is 10.1 Å². The van der Waals surface area contributed by atoms with Gasteiger partial charge in [0.25, 0.3) is 10.1 Å². The van der Waals surface area contributed by atoms with E-state index in [1.165, 1.54) is 0 Å². The smallest absolute Gasteiger partial charge is 0.264 e. The van der Waals surface area contributed by atoms with Gasteiger partial charge in [0.2, 0.25) is 0 Å². The second-order valence-corrected chi connectivity index (χ2v) is 4.49. The Morgan fingerprint density at radius 2 is 1.47 bits per heavy atom. The predicted molar refractivity (Wildman–Crippen MR) is 62.5 cm³/mol. The quantitative estimate of drug-likeness (QED) is 0.437. The van der Waals surface area contributed by atoms with Crippen LogP contribution >= 0.6 is 0 Å². The predicted octanol–water partition coefficient (Wildman–Crippen LogP) is -0.749. The molecule has 0 spiro atoms. The molecule has 0 unspecified atom stereocenters. The average molecular weight is 274 g/mol. The van der Waals surface area contributed by atoms with Gasteiger partial charge in [0, 0.05) is 14.2 Å². The molecule has 0 bridgehead atoms. The van der Waals surface area contributed by atoms with Crippen LogP contribution in [0.2, 0.25) is 0 Å². The van der Waals surface area contributed by atoms with Crippen molar-refractivity contribution in [2.24, 2.45) is 0 Å². The maximum absolute atomic E-state index is 10.4. The summed E-state index contributed by atoms with van der Waals surface area (Å²) in [5.41, 5.74) is 0. The lowest BCUT2D eigenvalue weighted by Gasteiger charge is -2.02. The van der Waals surface area contributed by atoms with Crippen molar-refractivity contribution in [3.63, 3.8) is 0 Å². The van der Waals surface area contributed by atoms with E-state index in [-0.39, 0.29) is 19.8 Å². The fourth-order valence-corrected chi connectivity index (χ4v) is 0.951. The van der Waals surface area contributed by atoms with Gasteiger partial charge in [0.05, 0.1) is 45.9 Å². The molecule has 0 aromatic carbocycles. The minimum atomic E-state index is -3.33. The minimum Gasteiger partial charge on any atom is -0.394 e. The SMILES string of the molecule is COCCO.COCCOCCOS(C)(=O)=O. The summed E-state index contributed by atoms with van der Waals surface area (Å²) in [6.07, 6.45) is 1.00. The van der Waals surface area contributed by atoms with Crippen LogP contribution in [0.3, 0.4) is 0 Å². The zero-order chi connectivity index (χ0) is 13.6. The first kappa shape index (κ1) is 19.1. The lowest BCUT2D eigenvalue weighted by molar-refractivity contribution is 0.0556. The van der Waals surface area contributed by atoms with Crippen molar-refractivity contribution in [1.29, 1.82) is 0 Å². The molecule has 17 heavy (non-hydrogen) atoms. The third-order valence-electron chi connectivity index (χ3n) is 1.25. The first-order valence-electron chi connectivity index (χ1n) is 4.98. The monoisotopic (exact) mass is 274 g/mol. The molecule has 0 aromatic rings. The first-order chi connectivity index (χ1) is 7.97. The first-order valence-corrected chi connectivity index (χ1v) is 6.80. The molecule has 106 valence electrons. The highest BCUT2D eigenvalue weighted by Crippen LogP contribution is 1.86. The van der Waals surface area contributed by atoms with Crippen LogP contribution < -0.4 is 0 Å². The molecule has 0 saturated heterocycles. The minimum absolute atomic E-state index is 0.0581. The Labute approximate surface area is 103 Å². The van der Waals surface area contributed by atoms with Gasteiger partial charge >= 0.3 is 0 Å². The van der Waals surface area contributed by atoms with E-state index < -0.39 is 10.1 Å². The topological polar surface area (TPSA) is 91.3 Å². The van der Waals surface area contributed by atoms with Gasteiger partial charge < -0.3 is 19.3 Å². The van der Waals surface area contributed by atoms with E-state index in [9.17, 15) is 8.42 Å². The van der Waals surface area contributed by atoms with Gasteiger partial charge in [0.1, 0.15) is 0 Å². The number of ether oxygens (including phenoxy) is 3. The second-order valence-electron chi connectivity index (χ2n) is 2.85. The van der Waals surface area contributed by atoms with Gasteiger partial charge in [-0.05, 0) is 0 Å². The van der Waals surface area contributed by atoms with Crippen LogP contribution in [0.1, 0.15) is 0 Å². The summed E-state index contributed by atoms with van der Waals surface area (Å²) in [5.74, 6) is 0. The van der Waals surface area contributed by atoms with E-state index in [1.54, 1.807) is 14.2 Å². The summed E-state index contributed by atoms with van der Waals surface area (Å²) >= 11 is 0. The Bertz CT molecular complexity index is 225. The van der Waals surface area contributed by atoms with E-state index in [4.69, 9.17) is 14.6 Å². The van der Waals surface area contributed by atoms with Crippen molar-refractivity contribution in [2.45, 2.75) is 0 Å². The molecule has 0 aliphatic rings. The molecule has 0 atom stereocenters. The molecule has 0 heterocycles. The van der Waals surface area contributed by atoms with Gasteiger partial charge in [0.15, 0.2) is 0 Å². The van der Waals surface area contributed by atoms with Crippen molar-refractivity contribution in [2.75, 3.05) is 60.1 Å². The molecule has 7 nitrogen and oxygen atoms in total. The molecule has 1 N–H and O–H groups in total. The van der Waals surface area contributed by atoms with Crippen LogP contribution in [0.15, 0.2) is 0 Å². The van der Waals surface area contributed by atoms with Gasteiger partial charge in [-0.3, -0.25) is 4.18 Å². The summed E-state index contributed by atoms with van der Waals surface area (Å²) in [5, 5.41) is 7.94. The molecule has 0 amide bonds. The van der Waals surface area contributed by atoms with Gasteiger partial charge in [-0.1, -0.05) is 0 Å². The molecular formula is C9H22O7S. The Morgan fingerprint density at radius 3 is 1.82 bits per heavy atom. The molecule has 0 aliphatic heterocycles. The standard InChI is InChI=1S/C6H14O5S.C3H8O2/c1-9-3-4-10-5-6-11-12(2,7)8;1-5-3-2-4/h3-6H2,1-2H3;4H,2-3H2,1H3. The molecule has 0 saturated carbocycles. The number of methoxy groups -OCH3 is 2. The molecule has 0 radical (unpaired) electrons. The van der Waals surface area contributed by atoms with E-state index in [0.29, 0.717) is 19.8 Å². The zero-order valence-electron chi connectivity index (χ0n) is 10.5. The summed E-state index contributed by atoms with van der Waals surface area (Å²) < 4.78 is 39.4. The highest BCUT2D eigenvalue weighted by atomic mass is 32.2. The molecule has 0 aliphatic carbocycles. The zero-order valence-corrected chi connectivity index (χ0v) is 11.4. The van der Waals surface area contributed by atoms with Crippen LogP contribution in [0, 0.1) is 0 Å². The summed E-state index contributed by atoms with van der Waals surface area (Å²) in [4.78, 5) is 0. The van der Waals surface area contributed by atoms with Crippen molar-refractivity contribution < 1.29 is 31.9 Å². The lowest BCUT2D eigenvalue weighted by Crippen LogP contribution is -2.11. The van der Waals surface area contributed by atoms with E-state index in [2.05, 4.69) is 8.92 Å². The van der Waals surface area contributed by atoms with Crippen LogP contribution in [0.5, 0.6) is 0 Å².